The Morgan fingerprint density at radius 2 is 2.42 bits per heavy atom. The van der Waals surface area contributed by atoms with Crippen molar-refractivity contribution in [1.82, 2.24) is 4.98 Å². The van der Waals surface area contributed by atoms with Gasteiger partial charge in [-0.2, -0.15) is 4.98 Å². The van der Waals surface area contributed by atoms with E-state index in [0.29, 0.717) is 11.1 Å². The highest BCUT2D eigenvalue weighted by molar-refractivity contribution is 5.77. The van der Waals surface area contributed by atoms with Crippen molar-refractivity contribution in [3.63, 3.8) is 0 Å². The molecule has 0 fully saturated rings. The summed E-state index contributed by atoms with van der Waals surface area (Å²) in [6, 6.07) is 4.37. The predicted molar refractivity (Wildman–Crippen MR) is 67.0 cm³/mol. The lowest BCUT2D eigenvalue weighted by Crippen LogP contribution is -2.24. The van der Waals surface area contributed by atoms with Gasteiger partial charge >= 0.3 is 0 Å². The molecule has 0 radical (unpaired) electrons. The molecule has 0 aliphatic carbocycles. The minimum Gasteiger partial charge on any atom is -0.423 e. The third-order valence-electron chi connectivity index (χ3n) is 2.43. The van der Waals surface area contributed by atoms with Crippen LogP contribution in [0, 0.1) is 10.1 Å². The quantitative estimate of drug-likeness (QED) is 0.596. The molecule has 2 rings (SSSR count). The molecule has 0 aliphatic heterocycles. The average molecular weight is 267 g/mol. The maximum Gasteiger partial charge on any atom is 0.295 e. The van der Waals surface area contributed by atoms with Gasteiger partial charge in [0.15, 0.2) is 5.58 Å². The second-order valence-corrected chi connectivity index (χ2v) is 3.92. The summed E-state index contributed by atoms with van der Waals surface area (Å²) >= 11 is 0. The molecule has 19 heavy (non-hydrogen) atoms. The number of rotatable bonds is 6. The molecule has 0 aliphatic rings. The Morgan fingerprint density at radius 3 is 3.11 bits per heavy atom. The number of oxazole rings is 1. The molecule has 0 spiro atoms. The first-order valence-corrected chi connectivity index (χ1v) is 5.56. The molecule has 0 saturated heterocycles. The minimum atomic E-state index is -0.686. The molecule has 0 bridgehead atoms. The molecule has 102 valence electrons. The van der Waals surface area contributed by atoms with Crippen LogP contribution in [0.25, 0.3) is 11.1 Å². The number of nitro groups is 1. The fraction of sp³-hybridized carbons (Fsp3) is 0.364. The average Bonchev–Trinajstić information content (AvgIpc) is 2.78. The number of fused-ring (bicyclic) bond motifs is 1. The van der Waals surface area contributed by atoms with Crippen LogP contribution in [0.2, 0.25) is 0 Å². The van der Waals surface area contributed by atoms with Crippen LogP contribution in [0.1, 0.15) is 0 Å². The van der Waals surface area contributed by atoms with Crippen LogP contribution in [-0.4, -0.2) is 41.4 Å². The lowest BCUT2D eigenvalue weighted by molar-refractivity contribution is -0.384. The Bertz CT molecular complexity index is 583. The van der Waals surface area contributed by atoms with Crippen molar-refractivity contribution in [1.29, 1.82) is 0 Å². The van der Waals surface area contributed by atoms with E-state index in [1.807, 2.05) is 0 Å². The SMILES string of the molecule is COCC(O)CNc1nc2ccc([N+](=O)[O-])cc2o1. The summed E-state index contributed by atoms with van der Waals surface area (Å²) in [6.07, 6.45) is -0.686. The fourth-order valence-corrected chi connectivity index (χ4v) is 1.56. The standard InChI is InChI=1S/C11H13N3O5/c1-18-6-8(15)5-12-11-13-9-3-2-7(14(16)17)4-10(9)19-11/h2-4,8,15H,5-6H2,1H3,(H,12,13). The summed E-state index contributed by atoms with van der Waals surface area (Å²) < 4.78 is 10.1. The van der Waals surface area contributed by atoms with Crippen molar-refractivity contribution in [2.45, 2.75) is 6.10 Å². The van der Waals surface area contributed by atoms with E-state index in [1.165, 1.54) is 25.3 Å². The van der Waals surface area contributed by atoms with Gasteiger partial charge in [0.2, 0.25) is 0 Å². The second-order valence-electron chi connectivity index (χ2n) is 3.92. The molecule has 8 heteroatoms. The molecule has 2 N–H and O–H groups in total. The maximum atomic E-state index is 10.6. The van der Waals surface area contributed by atoms with Gasteiger partial charge in [-0.15, -0.1) is 0 Å². The van der Waals surface area contributed by atoms with E-state index < -0.39 is 11.0 Å². The number of non-ortho nitro benzene ring substituents is 1. The lowest BCUT2D eigenvalue weighted by atomic mass is 10.3. The number of benzene rings is 1. The molecule has 1 aromatic heterocycles. The van der Waals surface area contributed by atoms with Crippen molar-refractivity contribution in [3.8, 4) is 0 Å². The number of aromatic nitrogens is 1. The van der Waals surface area contributed by atoms with Gasteiger partial charge in [-0.25, -0.2) is 0 Å². The highest BCUT2D eigenvalue weighted by Gasteiger charge is 2.12. The third-order valence-corrected chi connectivity index (χ3v) is 2.43. The largest absolute Gasteiger partial charge is 0.423 e. The van der Waals surface area contributed by atoms with E-state index in [9.17, 15) is 15.2 Å². The number of aliphatic hydroxyl groups excluding tert-OH is 1. The van der Waals surface area contributed by atoms with Crippen LogP contribution in [0.4, 0.5) is 11.7 Å². The molecular weight excluding hydrogens is 254 g/mol. The molecule has 2 aromatic rings. The van der Waals surface area contributed by atoms with Gasteiger partial charge in [-0.1, -0.05) is 0 Å². The van der Waals surface area contributed by atoms with Gasteiger partial charge in [0, 0.05) is 19.7 Å². The van der Waals surface area contributed by atoms with E-state index in [4.69, 9.17) is 9.15 Å². The van der Waals surface area contributed by atoms with Crippen LogP contribution < -0.4 is 5.32 Å². The first-order chi connectivity index (χ1) is 9.10. The Kier molecular flexibility index (Phi) is 3.93. The van der Waals surface area contributed by atoms with Crippen LogP contribution in [0.15, 0.2) is 22.6 Å². The van der Waals surface area contributed by atoms with Crippen molar-refractivity contribution >= 4 is 22.8 Å². The summed E-state index contributed by atoms with van der Waals surface area (Å²) in [5.41, 5.74) is 0.766. The van der Waals surface area contributed by atoms with Crippen LogP contribution in [0.5, 0.6) is 0 Å². The second kappa shape index (κ2) is 5.63. The number of nitrogens with one attached hydrogen (secondary N) is 1. The predicted octanol–water partition coefficient (Wildman–Crippen LogP) is 1.16. The zero-order chi connectivity index (χ0) is 13.8. The number of ether oxygens (including phenoxy) is 1. The minimum absolute atomic E-state index is 0.0605. The maximum absolute atomic E-state index is 10.6. The Balaban J connectivity index is 2.11. The topological polar surface area (TPSA) is 111 Å². The van der Waals surface area contributed by atoms with Gasteiger partial charge in [-0.05, 0) is 6.07 Å². The molecule has 0 saturated carbocycles. The van der Waals surface area contributed by atoms with Gasteiger partial charge in [0.1, 0.15) is 5.52 Å². The van der Waals surface area contributed by atoms with E-state index in [2.05, 4.69) is 10.3 Å². The van der Waals surface area contributed by atoms with Crippen molar-refractivity contribution in [3.05, 3.63) is 28.3 Å². The number of hydrogen-bond donors (Lipinski definition) is 2. The molecule has 8 nitrogen and oxygen atoms in total. The first-order valence-electron chi connectivity index (χ1n) is 5.56. The number of hydrogen-bond acceptors (Lipinski definition) is 7. The van der Waals surface area contributed by atoms with E-state index >= 15 is 0 Å². The van der Waals surface area contributed by atoms with Gasteiger partial charge < -0.3 is 19.6 Å². The summed E-state index contributed by atoms with van der Waals surface area (Å²) in [4.78, 5) is 14.2. The lowest BCUT2D eigenvalue weighted by Gasteiger charge is -2.08. The first kappa shape index (κ1) is 13.2. The monoisotopic (exact) mass is 267 g/mol. The van der Waals surface area contributed by atoms with Crippen molar-refractivity contribution < 1.29 is 19.2 Å². The number of nitro benzene ring substituents is 1. The van der Waals surface area contributed by atoms with Gasteiger partial charge in [0.05, 0.1) is 23.7 Å². The molecular formula is C11H13N3O5. The normalized spacial score (nSPS) is 12.5. The Labute approximate surface area is 108 Å². The molecule has 0 amide bonds. The highest BCUT2D eigenvalue weighted by Crippen LogP contribution is 2.23. The summed E-state index contributed by atoms with van der Waals surface area (Å²) in [7, 11) is 1.49. The Morgan fingerprint density at radius 1 is 1.63 bits per heavy atom. The van der Waals surface area contributed by atoms with Crippen LogP contribution in [0.3, 0.4) is 0 Å². The van der Waals surface area contributed by atoms with Crippen LogP contribution >= 0.6 is 0 Å². The summed E-state index contributed by atoms with van der Waals surface area (Å²) in [6.45, 7) is 0.404. The van der Waals surface area contributed by atoms with Crippen molar-refractivity contribution in [2.24, 2.45) is 0 Å². The number of nitrogens with zero attached hydrogens (tertiary/aromatic N) is 2. The van der Waals surface area contributed by atoms with E-state index in [0.717, 1.165) is 0 Å². The zero-order valence-corrected chi connectivity index (χ0v) is 10.2. The smallest absolute Gasteiger partial charge is 0.295 e. The third kappa shape index (κ3) is 3.18. The molecule has 1 aromatic carbocycles. The number of anilines is 1. The van der Waals surface area contributed by atoms with Gasteiger partial charge in [0.25, 0.3) is 11.7 Å². The molecule has 1 heterocycles. The van der Waals surface area contributed by atoms with Gasteiger partial charge in [-0.3, -0.25) is 10.1 Å². The van der Waals surface area contributed by atoms with Crippen LogP contribution in [-0.2, 0) is 4.74 Å². The number of aliphatic hydroxyl groups is 1. The summed E-state index contributed by atoms with van der Waals surface area (Å²) in [5, 5.41) is 22.9. The van der Waals surface area contributed by atoms with E-state index in [1.54, 1.807) is 0 Å². The fourth-order valence-electron chi connectivity index (χ4n) is 1.56. The highest BCUT2D eigenvalue weighted by atomic mass is 16.6. The number of methoxy groups -OCH3 is 1. The van der Waals surface area contributed by atoms with Crippen molar-refractivity contribution in [2.75, 3.05) is 25.6 Å². The summed E-state index contributed by atoms with van der Waals surface area (Å²) in [5.74, 6) is 0. The molecule has 1 unspecified atom stereocenters. The Hall–Kier alpha value is -2.19. The zero-order valence-electron chi connectivity index (χ0n) is 10.2. The van der Waals surface area contributed by atoms with E-state index in [-0.39, 0.29) is 24.9 Å². The molecule has 1 atom stereocenters.